The second kappa shape index (κ2) is 7.60. The molecule has 0 aromatic heterocycles. The normalized spacial score (nSPS) is 12.1. The van der Waals surface area contributed by atoms with Gasteiger partial charge in [-0.2, -0.15) is 0 Å². The number of carbonyl (C=O) groups is 1. The van der Waals surface area contributed by atoms with E-state index in [2.05, 4.69) is 15.2 Å². The van der Waals surface area contributed by atoms with Gasteiger partial charge in [0.05, 0.1) is 12.7 Å². The maximum Gasteiger partial charge on any atom is 0.224 e. The van der Waals surface area contributed by atoms with Gasteiger partial charge in [0.1, 0.15) is 0 Å². The summed E-state index contributed by atoms with van der Waals surface area (Å²) in [6, 6.07) is 6.68. The monoisotopic (exact) mass is 314 g/mol. The standard InChI is InChI=1S/C12H18N4O4S/c1-21(19,20)15-7-6-14-11(17)8-9-2-4-10(5-3-9)12(13)16-18/h2-5,15,18H,6-8H2,1H3,(H2,13,16)(H,14,17). The van der Waals surface area contributed by atoms with Crippen molar-refractivity contribution in [2.75, 3.05) is 19.3 Å². The molecule has 0 heterocycles. The summed E-state index contributed by atoms with van der Waals surface area (Å²) in [6.07, 6.45) is 1.22. The Morgan fingerprint density at radius 3 is 2.43 bits per heavy atom. The predicted octanol–water partition coefficient (Wildman–Crippen LogP) is -1.01. The molecule has 116 valence electrons. The van der Waals surface area contributed by atoms with Gasteiger partial charge in [0.15, 0.2) is 5.84 Å². The molecule has 0 aliphatic carbocycles. The van der Waals surface area contributed by atoms with Crippen molar-refractivity contribution in [2.45, 2.75) is 6.42 Å². The molecule has 0 spiro atoms. The highest BCUT2D eigenvalue weighted by Gasteiger charge is 2.05. The zero-order chi connectivity index (χ0) is 15.9. The molecular weight excluding hydrogens is 296 g/mol. The fourth-order valence-corrected chi connectivity index (χ4v) is 2.01. The van der Waals surface area contributed by atoms with Gasteiger partial charge in [0.25, 0.3) is 0 Å². The second-order valence-corrected chi connectivity index (χ2v) is 6.21. The minimum atomic E-state index is -3.24. The number of benzene rings is 1. The van der Waals surface area contributed by atoms with Crippen molar-refractivity contribution in [1.82, 2.24) is 10.0 Å². The van der Waals surface area contributed by atoms with E-state index in [-0.39, 0.29) is 31.3 Å². The molecule has 1 amide bonds. The summed E-state index contributed by atoms with van der Waals surface area (Å²) in [4.78, 5) is 11.6. The fourth-order valence-electron chi connectivity index (χ4n) is 1.54. The zero-order valence-electron chi connectivity index (χ0n) is 11.5. The Morgan fingerprint density at radius 2 is 1.90 bits per heavy atom. The van der Waals surface area contributed by atoms with E-state index in [9.17, 15) is 13.2 Å². The van der Waals surface area contributed by atoms with Crippen LogP contribution in [0.3, 0.4) is 0 Å². The number of nitrogens with zero attached hydrogens (tertiary/aromatic N) is 1. The summed E-state index contributed by atoms with van der Waals surface area (Å²) in [5, 5.41) is 14.0. The molecule has 0 bridgehead atoms. The quantitative estimate of drug-likeness (QED) is 0.168. The Labute approximate surface area is 123 Å². The first-order valence-electron chi connectivity index (χ1n) is 6.10. The van der Waals surface area contributed by atoms with E-state index >= 15 is 0 Å². The van der Waals surface area contributed by atoms with E-state index in [1.807, 2.05) is 0 Å². The lowest BCUT2D eigenvalue weighted by Gasteiger charge is -2.06. The molecule has 0 unspecified atom stereocenters. The lowest BCUT2D eigenvalue weighted by atomic mass is 10.1. The first-order valence-corrected chi connectivity index (χ1v) is 7.99. The number of carbonyl (C=O) groups excluding carboxylic acids is 1. The maximum absolute atomic E-state index is 11.6. The number of hydrogen-bond acceptors (Lipinski definition) is 5. The molecule has 9 heteroatoms. The number of hydrogen-bond donors (Lipinski definition) is 4. The Balaban J connectivity index is 2.41. The van der Waals surface area contributed by atoms with Gasteiger partial charge in [0.2, 0.25) is 15.9 Å². The Hall–Kier alpha value is -2.13. The minimum Gasteiger partial charge on any atom is -0.409 e. The third kappa shape index (κ3) is 6.72. The van der Waals surface area contributed by atoms with Crippen molar-refractivity contribution in [3.63, 3.8) is 0 Å². The molecule has 21 heavy (non-hydrogen) atoms. The van der Waals surface area contributed by atoms with Gasteiger partial charge in [-0.25, -0.2) is 13.1 Å². The summed E-state index contributed by atoms with van der Waals surface area (Å²) >= 11 is 0. The average molecular weight is 314 g/mol. The first-order chi connectivity index (χ1) is 9.81. The molecule has 0 aliphatic heterocycles. The molecule has 1 rings (SSSR count). The molecule has 0 atom stereocenters. The average Bonchev–Trinajstić information content (AvgIpc) is 2.42. The molecule has 0 fully saturated rings. The number of nitrogens with two attached hydrogens (primary N) is 1. The van der Waals surface area contributed by atoms with Crippen LogP contribution in [-0.4, -0.2) is 44.7 Å². The molecule has 0 saturated heterocycles. The van der Waals surface area contributed by atoms with Crippen LogP contribution in [0.15, 0.2) is 29.4 Å². The van der Waals surface area contributed by atoms with Gasteiger partial charge in [-0.15, -0.1) is 0 Å². The topological polar surface area (TPSA) is 134 Å². The van der Waals surface area contributed by atoms with Gasteiger partial charge in [0, 0.05) is 18.7 Å². The number of sulfonamides is 1. The lowest BCUT2D eigenvalue weighted by molar-refractivity contribution is -0.120. The van der Waals surface area contributed by atoms with Crippen LogP contribution in [0.2, 0.25) is 0 Å². The number of nitrogens with one attached hydrogen (secondary N) is 2. The van der Waals surface area contributed by atoms with Crippen molar-refractivity contribution in [2.24, 2.45) is 10.9 Å². The highest BCUT2D eigenvalue weighted by molar-refractivity contribution is 7.88. The van der Waals surface area contributed by atoms with Crippen molar-refractivity contribution in [1.29, 1.82) is 0 Å². The molecule has 0 saturated carbocycles. The van der Waals surface area contributed by atoms with Gasteiger partial charge < -0.3 is 16.3 Å². The van der Waals surface area contributed by atoms with Crippen molar-refractivity contribution >= 4 is 21.8 Å². The van der Waals surface area contributed by atoms with E-state index in [1.165, 1.54) is 0 Å². The highest BCUT2D eigenvalue weighted by atomic mass is 32.2. The van der Waals surface area contributed by atoms with Crippen LogP contribution in [0.4, 0.5) is 0 Å². The summed E-state index contributed by atoms with van der Waals surface area (Å²) in [5.74, 6) is -0.223. The fraction of sp³-hybridized carbons (Fsp3) is 0.333. The molecule has 8 nitrogen and oxygen atoms in total. The molecule has 5 N–H and O–H groups in total. The zero-order valence-corrected chi connectivity index (χ0v) is 12.4. The summed E-state index contributed by atoms with van der Waals surface area (Å²) in [5.41, 5.74) is 6.74. The van der Waals surface area contributed by atoms with E-state index in [4.69, 9.17) is 10.9 Å². The van der Waals surface area contributed by atoms with Crippen LogP contribution in [0, 0.1) is 0 Å². The molecule has 0 radical (unpaired) electrons. The van der Waals surface area contributed by atoms with Gasteiger partial charge in [-0.3, -0.25) is 4.79 Å². The van der Waals surface area contributed by atoms with Crippen molar-refractivity contribution in [3.05, 3.63) is 35.4 Å². The Bertz CT molecular complexity index is 611. The lowest BCUT2D eigenvalue weighted by Crippen LogP contribution is -2.34. The largest absolute Gasteiger partial charge is 0.409 e. The second-order valence-electron chi connectivity index (χ2n) is 4.38. The van der Waals surface area contributed by atoms with Crippen LogP contribution in [-0.2, 0) is 21.2 Å². The van der Waals surface area contributed by atoms with Crippen LogP contribution in [0.5, 0.6) is 0 Å². The SMILES string of the molecule is CS(=O)(=O)NCCNC(=O)Cc1ccc(C(N)=NO)cc1. The third-order valence-electron chi connectivity index (χ3n) is 2.53. The van der Waals surface area contributed by atoms with E-state index in [0.29, 0.717) is 5.56 Å². The number of oxime groups is 1. The van der Waals surface area contributed by atoms with Gasteiger partial charge in [-0.05, 0) is 5.56 Å². The summed E-state index contributed by atoms with van der Waals surface area (Å²) in [7, 11) is -3.24. The van der Waals surface area contributed by atoms with Crippen LogP contribution < -0.4 is 15.8 Å². The van der Waals surface area contributed by atoms with Gasteiger partial charge in [-0.1, -0.05) is 29.4 Å². The van der Waals surface area contributed by atoms with E-state index in [0.717, 1.165) is 11.8 Å². The van der Waals surface area contributed by atoms with E-state index in [1.54, 1.807) is 24.3 Å². The molecule has 1 aromatic rings. The van der Waals surface area contributed by atoms with Gasteiger partial charge >= 0.3 is 0 Å². The third-order valence-corrected chi connectivity index (χ3v) is 3.26. The summed E-state index contributed by atoms with van der Waals surface area (Å²) < 4.78 is 23.9. The molecule has 1 aromatic carbocycles. The van der Waals surface area contributed by atoms with Crippen LogP contribution >= 0.6 is 0 Å². The summed E-state index contributed by atoms with van der Waals surface area (Å²) in [6.45, 7) is 0.362. The predicted molar refractivity (Wildman–Crippen MR) is 78.5 cm³/mol. The smallest absolute Gasteiger partial charge is 0.224 e. The first kappa shape index (κ1) is 16.9. The maximum atomic E-state index is 11.6. The van der Waals surface area contributed by atoms with Crippen molar-refractivity contribution in [3.8, 4) is 0 Å². The van der Waals surface area contributed by atoms with Crippen molar-refractivity contribution < 1.29 is 18.4 Å². The van der Waals surface area contributed by atoms with E-state index < -0.39 is 10.0 Å². The number of amides is 1. The Morgan fingerprint density at radius 1 is 1.29 bits per heavy atom. The molecule has 0 aliphatic rings. The molecular formula is C12H18N4O4S. The highest BCUT2D eigenvalue weighted by Crippen LogP contribution is 2.05. The van der Waals surface area contributed by atoms with Crippen LogP contribution in [0.25, 0.3) is 0 Å². The number of rotatable bonds is 7. The van der Waals surface area contributed by atoms with Crippen LogP contribution in [0.1, 0.15) is 11.1 Å². The number of amidine groups is 1. The Kier molecular flexibility index (Phi) is 6.12. The minimum absolute atomic E-state index is 0.00199.